The van der Waals surface area contributed by atoms with Gasteiger partial charge in [0.25, 0.3) is 0 Å². The van der Waals surface area contributed by atoms with Crippen molar-refractivity contribution in [2.45, 2.75) is 38.3 Å². The molecule has 16 heavy (non-hydrogen) atoms. The molecule has 0 heterocycles. The maximum absolute atomic E-state index is 11.1. The Labute approximate surface area is 96.0 Å². The van der Waals surface area contributed by atoms with Crippen molar-refractivity contribution in [3.63, 3.8) is 0 Å². The third kappa shape index (κ3) is 4.92. The van der Waals surface area contributed by atoms with Crippen LogP contribution in [0.25, 0.3) is 0 Å². The van der Waals surface area contributed by atoms with E-state index in [1.807, 2.05) is 4.90 Å². The Morgan fingerprint density at radius 3 is 2.75 bits per heavy atom. The van der Waals surface area contributed by atoms with Crippen molar-refractivity contribution in [2.24, 2.45) is 0 Å². The van der Waals surface area contributed by atoms with Crippen LogP contribution in [0, 0.1) is 0 Å². The average molecular weight is 231 g/mol. The Kier molecular flexibility index (Phi) is 5.73. The van der Waals surface area contributed by atoms with Gasteiger partial charge < -0.3 is 14.9 Å². The van der Waals surface area contributed by atoms with Crippen LogP contribution in [0.4, 0.5) is 0 Å². The fourth-order valence-corrected chi connectivity index (χ4v) is 1.74. The van der Waals surface area contributed by atoms with E-state index in [0.717, 1.165) is 12.8 Å². The largest absolute Gasteiger partial charge is 0.466 e. The zero-order chi connectivity index (χ0) is 12.0. The van der Waals surface area contributed by atoms with E-state index in [0.29, 0.717) is 25.7 Å². The van der Waals surface area contributed by atoms with Gasteiger partial charge in [-0.25, -0.2) is 0 Å². The zero-order valence-corrected chi connectivity index (χ0v) is 9.76. The molecule has 0 bridgehead atoms. The quantitative estimate of drug-likeness (QED) is 0.564. The molecule has 1 fully saturated rings. The van der Waals surface area contributed by atoms with E-state index in [1.165, 1.54) is 0 Å². The Balaban J connectivity index is 2.24. The van der Waals surface area contributed by atoms with Crippen molar-refractivity contribution < 1.29 is 19.7 Å². The SMILES string of the molecule is CCOC(=O)CC(O)CN(CCO)C1CC1. The van der Waals surface area contributed by atoms with Crippen molar-refractivity contribution in [2.75, 3.05) is 26.3 Å². The highest BCUT2D eigenvalue weighted by Gasteiger charge is 2.30. The lowest BCUT2D eigenvalue weighted by atomic mass is 10.2. The maximum Gasteiger partial charge on any atom is 0.308 e. The molecule has 5 heteroatoms. The summed E-state index contributed by atoms with van der Waals surface area (Å²) in [6, 6.07) is 0.476. The molecule has 0 aromatic rings. The minimum Gasteiger partial charge on any atom is -0.466 e. The summed E-state index contributed by atoms with van der Waals surface area (Å²) in [4.78, 5) is 13.2. The standard InChI is InChI=1S/C11H21NO4/c1-2-16-11(15)7-10(14)8-12(5-6-13)9-3-4-9/h9-10,13-14H,2-8H2,1H3. The molecule has 1 aliphatic rings. The molecule has 1 rings (SSSR count). The van der Waals surface area contributed by atoms with Gasteiger partial charge in [-0.3, -0.25) is 9.69 Å². The first-order chi connectivity index (χ1) is 7.67. The lowest BCUT2D eigenvalue weighted by Crippen LogP contribution is -2.37. The summed E-state index contributed by atoms with van der Waals surface area (Å²) >= 11 is 0. The molecular formula is C11H21NO4. The fourth-order valence-electron chi connectivity index (χ4n) is 1.74. The van der Waals surface area contributed by atoms with Crippen molar-refractivity contribution in [1.82, 2.24) is 4.90 Å². The molecule has 1 atom stereocenters. The molecule has 5 nitrogen and oxygen atoms in total. The van der Waals surface area contributed by atoms with Crippen molar-refractivity contribution in [3.05, 3.63) is 0 Å². The predicted octanol–water partition coefficient (Wildman–Crippen LogP) is -0.243. The second kappa shape index (κ2) is 6.83. The number of nitrogens with zero attached hydrogens (tertiary/aromatic N) is 1. The summed E-state index contributed by atoms with van der Waals surface area (Å²) < 4.78 is 4.76. The molecule has 0 amide bonds. The van der Waals surface area contributed by atoms with Crippen LogP contribution in [-0.4, -0.2) is 59.5 Å². The van der Waals surface area contributed by atoms with Crippen LogP contribution in [-0.2, 0) is 9.53 Å². The van der Waals surface area contributed by atoms with Crippen molar-refractivity contribution >= 4 is 5.97 Å². The van der Waals surface area contributed by atoms with Gasteiger partial charge in [-0.15, -0.1) is 0 Å². The second-order valence-electron chi connectivity index (χ2n) is 4.11. The highest BCUT2D eigenvalue weighted by Crippen LogP contribution is 2.26. The van der Waals surface area contributed by atoms with Gasteiger partial charge >= 0.3 is 5.97 Å². The summed E-state index contributed by atoms with van der Waals surface area (Å²) in [7, 11) is 0. The molecule has 0 aliphatic heterocycles. The van der Waals surface area contributed by atoms with E-state index in [1.54, 1.807) is 6.92 Å². The summed E-state index contributed by atoms with van der Waals surface area (Å²) in [5.74, 6) is -0.366. The number of aliphatic hydroxyl groups excluding tert-OH is 2. The smallest absolute Gasteiger partial charge is 0.308 e. The number of ether oxygens (including phenoxy) is 1. The fraction of sp³-hybridized carbons (Fsp3) is 0.909. The average Bonchev–Trinajstić information content (AvgIpc) is 3.00. The van der Waals surface area contributed by atoms with Gasteiger partial charge in [0.1, 0.15) is 0 Å². The number of carbonyl (C=O) groups is 1. The third-order valence-electron chi connectivity index (χ3n) is 2.60. The van der Waals surface area contributed by atoms with Crippen LogP contribution in [0.2, 0.25) is 0 Å². The molecule has 2 N–H and O–H groups in total. The van der Waals surface area contributed by atoms with Gasteiger partial charge in [0.2, 0.25) is 0 Å². The Morgan fingerprint density at radius 1 is 1.56 bits per heavy atom. The van der Waals surface area contributed by atoms with Crippen molar-refractivity contribution in [1.29, 1.82) is 0 Å². The lowest BCUT2D eigenvalue weighted by Gasteiger charge is -2.23. The number of esters is 1. The number of hydrogen-bond acceptors (Lipinski definition) is 5. The minimum absolute atomic E-state index is 0.0302. The summed E-state index contributed by atoms with van der Waals surface area (Å²) in [6.45, 7) is 3.16. The van der Waals surface area contributed by atoms with E-state index in [-0.39, 0.29) is 19.0 Å². The summed E-state index contributed by atoms with van der Waals surface area (Å²) in [6.07, 6.45) is 1.56. The number of rotatable bonds is 8. The first-order valence-corrected chi connectivity index (χ1v) is 5.86. The maximum atomic E-state index is 11.1. The van der Waals surface area contributed by atoms with Gasteiger partial charge in [0, 0.05) is 19.1 Å². The van der Waals surface area contributed by atoms with Crippen LogP contribution in [0.1, 0.15) is 26.2 Å². The van der Waals surface area contributed by atoms with Gasteiger partial charge in [-0.05, 0) is 19.8 Å². The molecular weight excluding hydrogens is 210 g/mol. The zero-order valence-electron chi connectivity index (χ0n) is 9.76. The molecule has 0 aromatic heterocycles. The van der Waals surface area contributed by atoms with Crippen LogP contribution >= 0.6 is 0 Å². The van der Waals surface area contributed by atoms with E-state index < -0.39 is 6.10 Å². The van der Waals surface area contributed by atoms with Gasteiger partial charge in [-0.2, -0.15) is 0 Å². The Morgan fingerprint density at radius 2 is 2.25 bits per heavy atom. The normalized spacial score (nSPS) is 17.5. The number of aliphatic hydroxyl groups is 2. The molecule has 94 valence electrons. The Hall–Kier alpha value is -0.650. The molecule has 0 radical (unpaired) electrons. The van der Waals surface area contributed by atoms with Gasteiger partial charge in [0.05, 0.1) is 25.7 Å². The van der Waals surface area contributed by atoms with Crippen LogP contribution in [0.3, 0.4) is 0 Å². The highest BCUT2D eigenvalue weighted by atomic mass is 16.5. The molecule has 0 aromatic carbocycles. The first-order valence-electron chi connectivity index (χ1n) is 5.86. The number of hydrogen-bond donors (Lipinski definition) is 2. The monoisotopic (exact) mass is 231 g/mol. The van der Waals surface area contributed by atoms with Crippen molar-refractivity contribution in [3.8, 4) is 0 Å². The van der Waals surface area contributed by atoms with Crippen LogP contribution < -0.4 is 0 Å². The topological polar surface area (TPSA) is 70.0 Å². The van der Waals surface area contributed by atoms with E-state index in [4.69, 9.17) is 9.84 Å². The van der Waals surface area contributed by atoms with E-state index in [9.17, 15) is 9.90 Å². The molecule has 0 spiro atoms. The second-order valence-corrected chi connectivity index (χ2v) is 4.11. The van der Waals surface area contributed by atoms with Crippen LogP contribution in [0.5, 0.6) is 0 Å². The van der Waals surface area contributed by atoms with E-state index in [2.05, 4.69) is 0 Å². The minimum atomic E-state index is -0.703. The Bertz CT molecular complexity index is 218. The molecule has 1 unspecified atom stereocenters. The lowest BCUT2D eigenvalue weighted by molar-refractivity contribution is -0.145. The molecule has 1 saturated carbocycles. The predicted molar refractivity (Wildman–Crippen MR) is 58.9 cm³/mol. The molecule has 0 saturated heterocycles. The van der Waals surface area contributed by atoms with Crippen LogP contribution in [0.15, 0.2) is 0 Å². The van der Waals surface area contributed by atoms with Gasteiger partial charge in [0.15, 0.2) is 0 Å². The van der Waals surface area contributed by atoms with Gasteiger partial charge in [-0.1, -0.05) is 0 Å². The molecule has 1 aliphatic carbocycles. The number of carbonyl (C=O) groups excluding carboxylic acids is 1. The summed E-state index contributed by atoms with van der Waals surface area (Å²) in [5, 5.41) is 18.6. The summed E-state index contributed by atoms with van der Waals surface area (Å²) in [5.41, 5.74) is 0. The highest BCUT2D eigenvalue weighted by molar-refractivity contribution is 5.69. The third-order valence-corrected chi connectivity index (χ3v) is 2.60. The first kappa shape index (κ1) is 13.4. The van der Waals surface area contributed by atoms with E-state index >= 15 is 0 Å².